The summed E-state index contributed by atoms with van der Waals surface area (Å²) < 4.78 is 17.6. The first-order chi connectivity index (χ1) is 16.6. The molecule has 4 aromatic rings. The van der Waals surface area contributed by atoms with Gasteiger partial charge in [0.2, 0.25) is 5.89 Å². The molecule has 0 fully saturated rings. The van der Waals surface area contributed by atoms with E-state index in [2.05, 4.69) is 34.2 Å². The Hall–Kier alpha value is -3.93. The smallest absolute Gasteiger partial charge is 0.226 e. The average Bonchev–Trinajstić information content (AvgIpc) is 3.49. The van der Waals surface area contributed by atoms with Gasteiger partial charge in [0.05, 0.1) is 12.8 Å². The summed E-state index contributed by atoms with van der Waals surface area (Å²) in [6.45, 7) is 1.89. The van der Waals surface area contributed by atoms with Gasteiger partial charge in [-0.05, 0) is 47.9 Å². The second-order valence-electron chi connectivity index (χ2n) is 8.52. The van der Waals surface area contributed by atoms with Crippen molar-refractivity contribution < 1.29 is 18.7 Å². The lowest BCUT2D eigenvalue weighted by Gasteiger charge is -2.16. The predicted molar refractivity (Wildman–Crippen MR) is 128 cm³/mol. The largest absolute Gasteiger partial charge is 0.493 e. The summed E-state index contributed by atoms with van der Waals surface area (Å²) in [5.74, 6) is 1.82. The quantitative estimate of drug-likeness (QED) is 0.331. The van der Waals surface area contributed by atoms with E-state index in [4.69, 9.17) is 13.9 Å². The lowest BCUT2D eigenvalue weighted by Crippen LogP contribution is -2.16. The van der Waals surface area contributed by atoms with Crippen molar-refractivity contribution in [2.45, 2.75) is 38.7 Å². The third-order valence-corrected chi connectivity index (χ3v) is 6.15. The minimum atomic E-state index is 0.000318. The van der Waals surface area contributed by atoms with Crippen molar-refractivity contribution in [1.29, 1.82) is 0 Å². The van der Waals surface area contributed by atoms with Crippen LogP contribution in [0.1, 0.15) is 39.3 Å². The number of methoxy groups -OCH3 is 1. The van der Waals surface area contributed by atoms with Gasteiger partial charge in [0.1, 0.15) is 18.1 Å². The Morgan fingerprint density at radius 1 is 1.06 bits per heavy atom. The van der Waals surface area contributed by atoms with Gasteiger partial charge < -0.3 is 13.9 Å². The van der Waals surface area contributed by atoms with Crippen LogP contribution in [-0.4, -0.2) is 29.0 Å². The van der Waals surface area contributed by atoms with Gasteiger partial charge in [-0.25, -0.2) is 4.98 Å². The first-order valence-corrected chi connectivity index (χ1v) is 11.4. The number of carbonyl (C=O) groups excluding carboxylic acids is 1. The van der Waals surface area contributed by atoms with Crippen LogP contribution in [0.2, 0.25) is 0 Å². The molecule has 1 aliphatic carbocycles. The Balaban J connectivity index is 1.28. The summed E-state index contributed by atoms with van der Waals surface area (Å²) in [5.41, 5.74) is 5.57. The van der Waals surface area contributed by atoms with Gasteiger partial charge in [0, 0.05) is 37.4 Å². The van der Waals surface area contributed by atoms with Crippen molar-refractivity contribution in [2.24, 2.45) is 0 Å². The van der Waals surface area contributed by atoms with E-state index in [0.29, 0.717) is 35.9 Å². The third-order valence-electron chi connectivity index (χ3n) is 6.15. The fourth-order valence-corrected chi connectivity index (χ4v) is 4.38. The number of fused-ring (bicyclic) bond motifs is 1. The van der Waals surface area contributed by atoms with E-state index >= 15 is 0 Å². The average molecular weight is 455 g/mol. The van der Waals surface area contributed by atoms with Gasteiger partial charge in [0.15, 0.2) is 17.3 Å². The molecule has 6 nitrogen and oxygen atoms in total. The number of Topliss-reactive ketones (excluding diaryl/α,β-unsaturated/α-hetero) is 1. The summed E-state index contributed by atoms with van der Waals surface area (Å²) in [7, 11) is 1.63. The first kappa shape index (κ1) is 21.9. The topological polar surface area (TPSA) is 74.5 Å². The van der Waals surface area contributed by atoms with Gasteiger partial charge in [-0.15, -0.1) is 0 Å². The molecule has 0 radical (unpaired) electrons. The summed E-state index contributed by atoms with van der Waals surface area (Å²) in [6, 6.07) is 17.8. The van der Waals surface area contributed by atoms with E-state index in [0.717, 1.165) is 29.7 Å². The van der Waals surface area contributed by atoms with Crippen molar-refractivity contribution >= 4 is 5.78 Å². The number of ether oxygens (including phenoxy) is 2. The highest BCUT2D eigenvalue weighted by atomic mass is 16.5. The number of pyridine rings is 1. The maximum absolute atomic E-state index is 12.5. The van der Waals surface area contributed by atoms with E-state index in [9.17, 15) is 4.79 Å². The highest BCUT2D eigenvalue weighted by molar-refractivity contribution is 5.95. The monoisotopic (exact) mass is 454 g/mol. The number of nitrogens with zero attached hydrogens (tertiary/aromatic N) is 2. The molecule has 2 aromatic heterocycles. The normalized spacial score (nSPS) is 13.0. The maximum Gasteiger partial charge on any atom is 0.226 e. The highest BCUT2D eigenvalue weighted by Gasteiger charge is 2.24. The zero-order valence-electron chi connectivity index (χ0n) is 19.3. The van der Waals surface area contributed by atoms with Crippen molar-refractivity contribution in [3.05, 3.63) is 95.1 Å². The van der Waals surface area contributed by atoms with E-state index in [-0.39, 0.29) is 11.9 Å². The van der Waals surface area contributed by atoms with E-state index in [1.807, 2.05) is 37.3 Å². The number of aromatic nitrogens is 2. The molecule has 0 spiro atoms. The fourth-order valence-electron chi connectivity index (χ4n) is 4.38. The number of hydrogen-bond donors (Lipinski definition) is 0. The molecule has 1 aliphatic rings. The number of oxazole rings is 1. The zero-order chi connectivity index (χ0) is 23.5. The molecule has 0 N–H and O–H groups in total. The van der Waals surface area contributed by atoms with Crippen LogP contribution in [0.25, 0.3) is 11.5 Å². The van der Waals surface area contributed by atoms with E-state index in [1.54, 1.807) is 19.6 Å². The summed E-state index contributed by atoms with van der Waals surface area (Å²) in [5, 5.41) is 0. The van der Waals surface area contributed by atoms with Gasteiger partial charge in [-0.1, -0.05) is 30.3 Å². The van der Waals surface area contributed by atoms with E-state index < -0.39 is 0 Å². The molecule has 0 amide bonds. The molecule has 6 heteroatoms. The molecule has 0 saturated carbocycles. The molecule has 0 atom stereocenters. The second kappa shape index (κ2) is 9.51. The van der Waals surface area contributed by atoms with Gasteiger partial charge >= 0.3 is 0 Å². The fraction of sp³-hybridized carbons (Fsp3) is 0.250. The Bertz CT molecular complexity index is 1300. The second-order valence-corrected chi connectivity index (χ2v) is 8.52. The molecule has 0 aliphatic heterocycles. The lowest BCUT2D eigenvalue weighted by molar-refractivity contribution is 0.0977. The molecular formula is C28H26N2O4. The minimum Gasteiger partial charge on any atom is -0.493 e. The maximum atomic E-state index is 12.5. The van der Waals surface area contributed by atoms with Crippen molar-refractivity contribution in [3.63, 3.8) is 0 Å². The Morgan fingerprint density at radius 3 is 2.59 bits per heavy atom. The number of hydrogen-bond acceptors (Lipinski definition) is 6. The first-order valence-electron chi connectivity index (χ1n) is 11.4. The van der Waals surface area contributed by atoms with Crippen LogP contribution in [0.3, 0.4) is 0 Å². The molecule has 2 heterocycles. The van der Waals surface area contributed by atoms with Crippen LogP contribution in [-0.2, 0) is 19.3 Å². The van der Waals surface area contributed by atoms with Crippen LogP contribution in [0, 0.1) is 6.92 Å². The SMILES string of the molecule is COc1ccc(-c2nc(CCC(=O)c3ncccc3C)co2)cc1OC1Cc2ccccc2C1. The molecule has 172 valence electrons. The number of carbonyl (C=O) groups is 1. The molecule has 2 aromatic carbocycles. The van der Waals surface area contributed by atoms with Crippen LogP contribution in [0.15, 0.2) is 71.5 Å². The minimum absolute atomic E-state index is 0.000318. The molecule has 5 rings (SSSR count). The van der Waals surface area contributed by atoms with Crippen LogP contribution >= 0.6 is 0 Å². The van der Waals surface area contributed by atoms with E-state index in [1.165, 1.54) is 11.1 Å². The molecule has 34 heavy (non-hydrogen) atoms. The van der Waals surface area contributed by atoms with Crippen LogP contribution in [0.5, 0.6) is 11.5 Å². The zero-order valence-corrected chi connectivity index (χ0v) is 19.3. The molecule has 0 saturated heterocycles. The Labute approximate surface area is 198 Å². The van der Waals surface area contributed by atoms with Crippen LogP contribution < -0.4 is 9.47 Å². The summed E-state index contributed by atoms with van der Waals surface area (Å²) in [4.78, 5) is 21.3. The number of ketones is 1. The van der Waals surface area contributed by atoms with Gasteiger partial charge in [-0.2, -0.15) is 0 Å². The molecule has 0 bridgehead atoms. The number of benzene rings is 2. The van der Waals surface area contributed by atoms with Crippen molar-refractivity contribution in [2.75, 3.05) is 7.11 Å². The predicted octanol–water partition coefficient (Wildman–Crippen LogP) is 5.42. The summed E-state index contributed by atoms with van der Waals surface area (Å²) >= 11 is 0. The Morgan fingerprint density at radius 2 is 1.85 bits per heavy atom. The molecular weight excluding hydrogens is 428 g/mol. The van der Waals surface area contributed by atoms with Crippen LogP contribution in [0.4, 0.5) is 0 Å². The number of rotatable bonds is 8. The molecule has 0 unspecified atom stereocenters. The highest BCUT2D eigenvalue weighted by Crippen LogP contribution is 2.35. The van der Waals surface area contributed by atoms with Crippen molar-refractivity contribution in [1.82, 2.24) is 9.97 Å². The van der Waals surface area contributed by atoms with Gasteiger partial charge in [-0.3, -0.25) is 9.78 Å². The lowest BCUT2D eigenvalue weighted by atomic mass is 10.1. The number of aryl methyl sites for hydroxylation is 2. The van der Waals surface area contributed by atoms with Gasteiger partial charge in [0.25, 0.3) is 0 Å². The standard InChI is InChI=1S/C28H26N2O4/c1-18-6-5-13-29-27(18)24(31)11-10-22-17-33-28(30-22)21-9-12-25(32-2)26(16-21)34-23-14-19-7-3-4-8-20(19)15-23/h3-9,12-13,16-17,23H,10-11,14-15H2,1-2H3. The van der Waals surface area contributed by atoms with Crippen molar-refractivity contribution in [3.8, 4) is 23.0 Å². The summed E-state index contributed by atoms with van der Waals surface area (Å²) in [6.07, 6.45) is 5.85. The third kappa shape index (κ3) is 4.57. The Kier molecular flexibility index (Phi) is 6.12.